The zero-order valence-electron chi connectivity index (χ0n) is 4.21. The maximum Gasteiger partial charge on any atom is 0.104 e. The van der Waals surface area contributed by atoms with Gasteiger partial charge in [-0.2, -0.15) is 0 Å². The Morgan fingerprint density at radius 1 is 1.88 bits per heavy atom. The summed E-state index contributed by atoms with van der Waals surface area (Å²) in [5.41, 5.74) is 6.21. The van der Waals surface area contributed by atoms with Gasteiger partial charge in [-0.25, -0.2) is 4.98 Å². The second-order valence-electron chi connectivity index (χ2n) is 1.41. The standard InChI is InChI=1S/C4H6IN3/c5-8-2-4(1-6)7-3-8/h2-3H,1,6H2. The van der Waals surface area contributed by atoms with Crippen LogP contribution in [0, 0.1) is 0 Å². The highest BCUT2D eigenvalue weighted by molar-refractivity contribution is 14.1. The Bertz CT molecular complexity index is 172. The third-order valence-electron chi connectivity index (χ3n) is 0.815. The molecule has 44 valence electrons. The fourth-order valence-electron chi connectivity index (χ4n) is 0.444. The molecule has 2 N–H and O–H groups in total. The molecule has 0 atom stereocenters. The van der Waals surface area contributed by atoms with Gasteiger partial charge < -0.3 is 5.73 Å². The molecule has 0 amide bonds. The third kappa shape index (κ3) is 1.19. The lowest BCUT2D eigenvalue weighted by Crippen LogP contribution is -1.94. The molecule has 3 nitrogen and oxygen atoms in total. The van der Waals surface area contributed by atoms with Crippen LogP contribution in [-0.4, -0.2) is 7.76 Å². The second-order valence-corrected chi connectivity index (χ2v) is 2.53. The summed E-state index contributed by atoms with van der Waals surface area (Å²) in [7, 11) is 0. The molecule has 0 unspecified atom stereocenters. The molecule has 0 aromatic carbocycles. The van der Waals surface area contributed by atoms with E-state index in [2.05, 4.69) is 27.8 Å². The lowest BCUT2D eigenvalue weighted by Gasteiger charge is -1.80. The van der Waals surface area contributed by atoms with E-state index in [1.165, 1.54) is 0 Å². The van der Waals surface area contributed by atoms with Crippen LogP contribution in [0.25, 0.3) is 0 Å². The summed E-state index contributed by atoms with van der Waals surface area (Å²) in [6.07, 6.45) is 3.61. The minimum atomic E-state index is 0.524. The van der Waals surface area contributed by atoms with Crippen LogP contribution in [0.4, 0.5) is 0 Å². The zero-order chi connectivity index (χ0) is 5.98. The van der Waals surface area contributed by atoms with E-state index in [4.69, 9.17) is 5.73 Å². The Morgan fingerprint density at radius 3 is 2.88 bits per heavy atom. The normalized spacial score (nSPS) is 9.75. The largest absolute Gasteiger partial charge is 0.325 e. The molecular formula is C4H6IN3. The fourth-order valence-corrected chi connectivity index (χ4v) is 0.890. The number of imidazole rings is 1. The van der Waals surface area contributed by atoms with Crippen molar-refractivity contribution in [3.63, 3.8) is 0 Å². The van der Waals surface area contributed by atoms with Crippen molar-refractivity contribution in [1.82, 2.24) is 7.76 Å². The summed E-state index contributed by atoms with van der Waals surface area (Å²) in [6, 6.07) is 0. The minimum Gasteiger partial charge on any atom is -0.325 e. The predicted molar refractivity (Wildman–Crippen MR) is 39.5 cm³/mol. The van der Waals surface area contributed by atoms with Gasteiger partial charge in [0.05, 0.1) is 28.6 Å². The molecule has 1 heterocycles. The van der Waals surface area contributed by atoms with Gasteiger partial charge in [0.2, 0.25) is 0 Å². The highest BCUT2D eigenvalue weighted by Crippen LogP contribution is 1.97. The molecule has 0 aliphatic heterocycles. The van der Waals surface area contributed by atoms with Gasteiger partial charge in [-0.3, -0.25) is 2.78 Å². The van der Waals surface area contributed by atoms with Crippen molar-refractivity contribution in [1.29, 1.82) is 0 Å². The van der Waals surface area contributed by atoms with Gasteiger partial charge in [0.1, 0.15) is 6.33 Å². The predicted octanol–water partition coefficient (Wildman–Crippen LogP) is 0.540. The van der Waals surface area contributed by atoms with E-state index < -0.39 is 0 Å². The van der Waals surface area contributed by atoms with E-state index in [1.54, 1.807) is 6.33 Å². The lowest BCUT2D eigenvalue weighted by atomic mass is 10.5. The van der Waals surface area contributed by atoms with Gasteiger partial charge in [0.15, 0.2) is 0 Å². The maximum absolute atomic E-state index is 5.28. The monoisotopic (exact) mass is 223 g/mol. The van der Waals surface area contributed by atoms with Gasteiger partial charge in [0.25, 0.3) is 0 Å². The number of rotatable bonds is 1. The van der Waals surface area contributed by atoms with Crippen LogP contribution < -0.4 is 5.73 Å². The topological polar surface area (TPSA) is 43.8 Å². The zero-order valence-corrected chi connectivity index (χ0v) is 6.37. The summed E-state index contributed by atoms with van der Waals surface area (Å²) in [4.78, 5) is 3.96. The van der Waals surface area contributed by atoms with E-state index >= 15 is 0 Å². The molecule has 4 heteroatoms. The van der Waals surface area contributed by atoms with Gasteiger partial charge in [-0.15, -0.1) is 0 Å². The molecule has 0 saturated heterocycles. The van der Waals surface area contributed by atoms with Crippen molar-refractivity contribution < 1.29 is 0 Å². The minimum absolute atomic E-state index is 0.524. The average Bonchev–Trinajstić information content (AvgIpc) is 2.14. The Hall–Kier alpha value is -0.100. The van der Waals surface area contributed by atoms with Crippen LogP contribution in [0.1, 0.15) is 5.69 Å². The van der Waals surface area contributed by atoms with Crippen LogP contribution in [0.5, 0.6) is 0 Å². The number of nitrogens with two attached hydrogens (primary N) is 1. The van der Waals surface area contributed by atoms with E-state index in [0.29, 0.717) is 6.54 Å². The molecule has 1 aromatic rings. The number of hydrogen-bond donors (Lipinski definition) is 1. The van der Waals surface area contributed by atoms with Crippen LogP contribution >= 0.6 is 22.9 Å². The second kappa shape index (κ2) is 2.45. The summed E-state index contributed by atoms with van der Waals surface area (Å²) < 4.78 is 1.85. The van der Waals surface area contributed by atoms with Crippen LogP contribution in [-0.2, 0) is 6.54 Å². The maximum atomic E-state index is 5.28. The molecular weight excluding hydrogens is 217 g/mol. The Kier molecular flexibility index (Phi) is 1.85. The first-order valence-electron chi connectivity index (χ1n) is 2.22. The Labute approximate surface area is 61.4 Å². The fraction of sp³-hybridized carbons (Fsp3) is 0.250. The summed E-state index contributed by atoms with van der Waals surface area (Å²) in [5.74, 6) is 0. The number of halogens is 1. The Balaban J connectivity index is 2.84. The molecule has 0 saturated carbocycles. The molecule has 0 aliphatic rings. The van der Waals surface area contributed by atoms with Crippen LogP contribution in [0.15, 0.2) is 12.5 Å². The smallest absolute Gasteiger partial charge is 0.104 e. The van der Waals surface area contributed by atoms with Gasteiger partial charge in [-0.1, -0.05) is 0 Å². The van der Waals surface area contributed by atoms with Gasteiger partial charge in [-0.05, 0) is 0 Å². The highest BCUT2D eigenvalue weighted by Gasteiger charge is 1.89. The first-order valence-corrected chi connectivity index (χ1v) is 3.18. The highest BCUT2D eigenvalue weighted by atomic mass is 127. The summed E-state index contributed by atoms with van der Waals surface area (Å²) in [6.45, 7) is 0.524. The van der Waals surface area contributed by atoms with E-state index in [0.717, 1.165) is 5.69 Å². The van der Waals surface area contributed by atoms with E-state index in [1.807, 2.05) is 8.98 Å². The average molecular weight is 223 g/mol. The molecule has 0 aliphatic carbocycles. The van der Waals surface area contributed by atoms with Crippen molar-refractivity contribution in [2.45, 2.75) is 6.54 Å². The Morgan fingerprint density at radius 2 is 2.62 bits per heavy atom. The first kappa shape index (κ1) is 6.03. The van der Waals surface area contributed by atoms with Crippen molar-refractivity contribution in [2.75, 3.05) is 0 Å². The molecule has 8 heavy (non-hydrogen) atoms. The van der Waals surface area contributed by atoms with Crippen molar-refractivity contribution >= 4 is 22.9 Å². The number of hydrogen-bond acceptors (Lipinski definition) is 2. The molecule has 1 rings (SSSR count). The van der Waals surface area contributed by atoms with Crippen LogP contribution in [0.2, 0.25) is 0 Å². The number of nitrogens with zero attached hydrogens (tertiary/aromatic N) is 2. The summed E-state index contributed by atoms with van der Waals surface area (Å²) >= 11 is 2.12. The molecule has 1 aromatic heterocycles. The lowest BCUT2D eigenvalue weighted by molar-refractivity contribution is 1.01. The third-order valence-corrected chi connectivity index (χ3v) is 1.34. The van der Waals surface area contributed by atoms with Crippen LogP contribution in [0.3, 0.4) is 0 Å². The number of aromatic nitrogens is 2. The molecule has 0 spiro atoms. The molecule has 0 fully saturated rings. The first-order chi connectivity index (χ1) is 3.83. The van der Waals surface area contributed by atoms with Gasteiger partial charge in [0, 0.05) is 12.7 Å². The van der Waals surface area contributed by atoms with Crippen molar-refractivity contribution in [3.05, 3.63) is 18.2 Å². The van der Waals surface area contributed by atoms with Crippen molar-refractivity contribution in [3.8, 4) is 0 Å². The molecule has 0 radical (unpaired) electrons. The summed E-state index contributed by atoms with van der Waals surface area (Å²) in [5, 5.41) is 0. The van der Waals surface area contributed by atoms with E-state index in [-0.39, 0.29) is 0 Å². The van der Waals surface area contributed by atoms with E-state index in [9.17, 15) is 0 Å². The molecule has 0 bridgehead atoms. The van der Waals surface area contributed by atoms with Gasteiger partial charge >= 0.3 is 0 Å². The van der Waals surface area contributed by atoms with Crippen molar-refractivity contribution in [2.24, 2.45) is 5.73 Å². The quantitative estimate of drug-likeness (QED) is 0.706. The SMILES string of the molecule is NCc1cn(I)cn1.